The van der Waals surface area contributed by atoms with Crippen LogP contribution < -0.4 is 0 Å². The summed E-state index contributed by atoms with van der Waals surface area (Å²) in [5, 5.41) is 0. The first-order valence-electron chi connectivity index (χ1n) is 18.2. The van der Waals surface area contributed by atoms with Crippen LogP contribution in [0.4, 0.5) is 0 Å². The third-order valence-corrected chi connectivity index (χ3v) is 8.15. The molecular formula is C42H66N2Ni. The smallest absolute Gasteiger partial charge is 0.493 e. The van der Waals surface area contributed by atoms with E-state index in [4.69, 9.17) is 0 Å². The number of hydrogen-bond donors (Lipinski definition) is 0. The minimum Gasteiger partial charge on any atom is -0.493 e. The molecule has 0 N–H and O–H groups in total. The molecule has 0 radical (unpaired) electrons. The van der Waals surface area contributed by atoms with E-state index in [2.05, 4.69) is 103 Å². The van der Waals surface area contributed by atoms with Crippen molar-refractivity contribution in [1.29, 1.82) is 0 Å². The van der Waals surface area contributed by atoms with Gasteiger partial charge in [-0.25, -0.2) is 4.70 Å². The zero-order valence-corrected chi connectivity index (χ0v) is 30.7. The maximum Gasteiger partial charge on any atom is 2.00 e. The molecule has 3 heteroatoms. The van der Waals surface area contributed by atoms with Crippen molar-refractivity contribution in [2.24, 2.45) is 0 Å². The van der Waals surface area contributed by atoms with E-state index in [1.54, 1.807) is 0 Å². The Bertz CT molecular complexity index is 1070. The van der Waals surface area contributed by atoms with E-state index in [0.717, 1.165) is 61.0 Å². The summed E-state index contributed by atoms with van der Waals surface area (Å²) in [6.07, 6.45) is 25.3. The van der Waals surface area contributed by atoms with Crippen molar-refractivity contribution >= 4 is 11.4 Å². The fraction of sp³-hybridized carbons (Fsp3) is 0.571. The van der Waals surface area contributed by atoms with Gasteiger partial charge in [-0.1, -0.05) is 130 Å². The van der Waals surface area contributed by atoms with Crippen molar-refractivity contribution in [2.75, 3.05) is 0 Å². The van der Waals surface area contributed by atoms with Crippen LogP contribution in [0.15, 0.2) is 60.2 Å². The molecule has 0 fully saturated rings. The molecule has 2 aromatic rings. The third-order valence-electron chi connectivity index (χ3n) is 8.15. The zero-order chi connectivity index (χ0) is 32.4. The van der Waals surface area contributed by atoms with Gasteiger partial charge < -0.3 is 19.4 Å². The summed E-state index contributed by atoms with van der Waals surface area (Å²) in [6, 6.07) is 17.7. The second kappa shape index (κ2) is 28.3. The standard InChI is InChI=1S/C34H48N2.2C4H9.Ni/c1-4-7-10-12-13-14-18-29-19-16-21-31(26-29)33-27-32(20-15-11-8-5-2)34(36(33)35)30-24-22-28(23-25-30)17-9-6-3;2*1-3-4-2;/h16,19,21-27H,4-15,17-18,20H2,1-3H3;2*1,3-4H2,2H3;/q;2*-1;+2. The molecule has 1 aliphatic heterocycles. The van der Waals surface area contributed by atoms with Gasteiger partial charge in [-0.2, -0.15) is 12.8 Å². The number of nitrogens with zero attached hydrogens (tertiary/aromatic N) is 2. The molecule has 2 nitrogen and oxygen atoms in total. The van der Waals surface area contributed by atoms with E-state index in [9.17, 15) is 5.53 Å². The predicted molar refractivity (Wildman–Crippen MR) is 196 cm³/mol. The van der Waals surface area contributed by atoms with Gasteiger partial charge in [0.05, 0.1) is 0 Å². The summed E-state index contributed by atoms with van der Waals surface area (Å²) >= 11 is 0. The molecule has 3 rings (SSSR count). The average Bonchev–Trinajstić information content (AvgIpc) is 3.39. The fourth-order valence-electron chi connectivity index (χ4n) is 5.20. The number of unbranched alkanes of at least 4 members (excludes halogenated alkanes) is 11. The van der Waals surface area contributed by atoms with Crippen LogP contribution in [0.2, 0.25) is 0 Å². The number of benzene rings is 2. The van der Waals surface area contributed by atoms with Gasteiger partial charge in [-0.3, -0.25) is 0 Å². The first-order valence-corrected chi connectivity index (χ1v) is 18.2. The van der Waals surface area contributed by atoms with Gasteiger partial charge in [0.15, 0.2) is 0 Å². The quantitative estimate of drug-likeness (QED) is 0.0622. The van der Waals surface area contributed by atoms with Gasteiger partial charge >= 0.3 is 16.5 Å². The molecule has 0 bridgehead atoms. The molecule has 2 aromatic carbocycles. The largest absolute Gasteiger partial charge is 2.00 e. The second-order valence-corrected chi connectivity index (χ2v) is 12.3. The van der Waals surface area contributed by atoms with Crippen LogP contribution in [-0.4, -0.2) is 4.70 Å². The van der Waals surface area contributed by atoms with Crippen molar-refractivity contribution in [2.45, 2.75) is 157 Å². The molecule has 0 amide bonds. The molecule has 0 aromatic heterocycles. The van der Waals surface area contributed by atoms with Crippen LogP contribution in [0.3, 0.4) is 0 Å². The summed E-state index contributed by atoms with van der Waals surface area (Å²) in [4.78, 5) is 0. The van der Waals surface area contributed by atoms with Crippen LogP contribution in [0.1, 0.15) is 166 Å². The zero-order valence-electron chi connectivity index (χ0n) is 29.8. The molecular weight excluding hydrogens is 591 g/mol. The van der Waals surface area contributed by atoms with Gasteiger partial charge in [-0.15, -0.1) is 0 Å². The number of hydrogen-bond acceptors (Lipinski definition) is 0. The minimum absolute atomic E-state index is 0. The topological polar surface area (TPSA) is 25.3 Å². The fourth-order valence-corrected chi connectivity index (χ4v) is 5.20. The van der Waals surface area contributed by atoms with Gasteiger partial charge in [-0.05, 0) is 73.9 Å². The van der Waals surface area contributed by atoms with E-state index < -0.39 is 0 Å². The number of aryl methyl sites for hydroxylation is 2. The van der Waals surface area contributed by atoms with Crippen molar-refractivity contribution in [3.05, 3.63) is 102 Å². The average molecular weight is 658 g/mol. The van der Waals surface area contributed by atoms with Crippen molar-refractivity contribution in [3.63, 3.8) is 0 Å². The summed E-state index contributed by atoms with van der Waals surface area (Å²) in [5.41, 5.74) is 19.5. The van der Waals surface area contributed by atoms with E-state index in [1.165, 1.54) is 105 Å². The number of allylic oxidation sites excluding steroid dienone is 2. The SMILES string of the molecule is CCCCCCCCc1cccc(C2=CC(CCCCCC)=C(c3ccc(CCCC)cc3)[N+]2=[N-])c1.[CH2-]CCC.[CH2-]CCC.[Ni+2]. The van der Waals surface area contributed by atoms with Crippen molar-refractivity contribution < 1.29 is 21.2 Å². The van der Waals surface area contributed by atoms with Crippen LogP contribution in [0.25, 0.3) is 16.9 Å². The van der Waals surface area contributed by atoms with Crippen molar-refractivity contribution in [1.82, 2.24) is 0 Å². The Hall–Kier alpha value is -1.99. The Labute approximate surface area is 290 Å². The van der Waals surface area contributed by atoms with Crippen LogP contribution in [0, 0.1) is 13.8 Å². The Kier molecular flexibility index (Phi) is 27.0. The molecule has 45 heavy (non-hydrogen) atoms. The maximum atomic E-state index is 11.4. The summed E-state index contributed by atoms with van der Waals surface area (Å²) < 4.78 is 1.46. The Balaban J connectivity index is 0.00000192. The molecule has 0 spiro atoms. The second-order valence-electron chi connectivity index (χ2n) is 12.3. The maximum absolute atomic E-state index is 11.4. The molecule has 0 atom stereocenters. The molecule has 0 unspecified atom stereocenters. The predicted octanol–water partition coefficient (Wildman–Crippen LogP) is 13.9. The van der Waals surface area contributed by atoms with Gasteiger partial charge in [0, 0.05) is 22.8 Å². The van der Waals surface area contributed by atoms with Gasteiger partial charge in [0.2, 0.25) is 11.4 Å². The van der Waals surface area contributed by atoms with Gasteiger partial charge in [0.25, 0.3) is 0 Å². The summed E-state index contributed by atoms with van der Waals surface area (Å²) in [6.45, 7) is 18.2. The molecule has 254 valence electrons. The Morgan fingerprint density at radius 2 is 1.07 bits per heavy atom. The van der Waals surface area contributed by atoms with E-state index in [0.29, 0.717) is 0 Å². The Morgan fingerprint density at radius 3 is 1.64 bits per heavy atom. The summed E-state index contributed by atoms with van der Waals surface area (Å²) in [7, 11) is 0. The van der Waals surface area contributed by atoms with Crippen molar-refractivity contribution in [3.8, 4) is 0 Å². The number of rotatable bonds is 19. The third kappa shape index (κ3) is 17.5. The van der Waals surface area contributed by atoms with Crippen LogP contribution in [-0.2, 0) is 29.3 Å². The monoisotopic (exact) mass is 656 g/mol. The Morgan fingerprint density at radius 1 is 0.556 bits per heavy atom. The molecule has 0 saturated carbocycles. The first-order chi connectivity index (χ1) is 21.5. The molecule has 1 aliphatic rings. The van der Waals surface area contributed by atoms with Crippen LogP contribution >= 0.6 is 0 Å². The minimum atomic E-state index is 0. The van der Waals surface area contributed by atoms with Gasteiger partial charge in [0.1, 0.15) is 0 Å². The first kappa shape index (κ1) is 43.0. The normalized spacial score (nSPS) is 12.2. The molecule has 0 aliphatic carbocycles. The molecule has 0 saturated heterocycles. The molecule has 1 heterocycles. The van der Waals surface area contributed by atoms with E-state index in [1.807, 2.05) is 0 Å². The summed E-state index contributed by atoms with van der Waals surface area (Å²) in [5.74, 6) is 0. The van der Waals surface area contributed by atoms with Crippen LogP contribution in [0.5, 0.6) is 0 Å². The van der Waals surface area contributed by atoms with E-state index in [-0.39, 0.29) is 16.5 Å². The van der Waals surface area contributed by atoms with E-state index >= 15 is 0 Å².